The first kappa shape index (κ1) is 26.1. The third-order valence-electron chi connectivity index (χ3n) is 9.79. The zero-order chi connectivity index (χ0) is 30.9. The molecule has 0 spiro atoms. The van der Waals surface area contributed by atoms with Gasteiger partial charge in [-0.2, -0.15) is 0 Å². The van der Waals surface area contributed by atoms with Gasteiger partial charge in [-0.05, 0) is 107 Å². The molecule has 1 heterocycles. The van der Waals surface area contributed by atoms with Crippen molar-refractivity contribution in [1.82, 2.24) is 0 Å². The molecule has 10 rings (SSSR count). The van der Waals surface area contributed by atoms with Crippen LogP contribution in [0.15, 0.2) is 174 Å². The average Bonchev–Trinajstić information content (AvgIpc) is 3.53. The van der Waals surface area contributed by atoms with Crippen LogP contribution in [0.1, 0.15) is 0 Å². The molecule has 9 aromatic carbocycles. The van der Waals surface area contributed by atoms with Gasteiger partial charge in [0.1, 0.15) is 11.2 Å². The summed E-state index contributed by atoms with van der Waals surface area (Å²) in [5.41, 5.74) is 11.6. The van der Waals surface area contributed by atoms with Crippen molar-refractivity contribution in [2.75, 3.05) is 0 Å². The number of rotatable bonds is 4. The summed E-state index contributed by atoms with van der Waals surface area (Å²) in [6, 6.07) is 61.5. The number of furan rings is 1. The summed E-state index contributed by atoms with van der Waals surface area (Å²) in [6.45, 7) is 0. The molecule has 0 aliphatic heterocycles. The molecule has 0 N–H and O–H groups in total. The lowest BCUT2D eigenvalue weighted by Crippen LogP contribution is -1.92. The van der Waals surface area contributed by atoms with Gasteiger partial charge < -0.3 is 4.42 Å². The van der Waals surface area contributed by atoms with Gasteiger partial charge in [-0.1, -0.05) is 140 Å². The van der Waals surface area contributed by atoms with Crippen LogP contribution in [0.25, 0.3) is 98.8 Å². The molecule has 1 heteroatoms. The standard InChI is InChI=1S/C46H28O/c1-3-13-29(14-4-1)31-17-11-18-32(25-31)43-35-19-7-9-21-37(35)45(38-22-10-8-20-36(38)43)40-27-34-26-33(30-15-5-2-6-16-30)28-42-44(34)46-39(40)23-12-24-41(46)47-42/h1-28H. The molecule has 218 valence electrons. The smallest absolute Gasteiger partial charge is 0.136 e. The first-order valence-electron chi connectivity index (χ1n) is 16.2. The molecule has 0 aliphatic carbocycles. The van der Waals surface area contributed by atoms with E-state index in [1.807, 2.05) is 0 Å². The van der Waals surface area contributed by atoms with Gasteiger partial charge in [0.25, 0.3) is 0 Å². The van der Waals surface area contributed by atoms with Crippen molar-refractivity contribution < 1.29 is 4.42 Å². The lowest BCUT2D eigenvalue weighted by Gasteiger charge is -2.19. The van der Waals surface area contributed by atoms with Crippen LogP contribution in [-0.2, 0) is 0 Å². The molecule has 0 atom stereocenters. The van der Waals surface area contributed by atoms with Gasteiger partial charge in [0.05, 0.1) is 0 Å². The van der Waals surface area contributed by atoms with Crippen LogP contribution >= 0.6 is 0 Å². The number of hydrogen-bond acceptors (Lipinski definition) is 1. The SMILES string of the molecule is c1ccc(-c2cccc(-c3c4ccccc4c(-c4cc5cc(-c6ccccc6)cc6oc7cccc4c7c56)c4ccccc34)c2)cc1. The Labute approximate surface area is 272 Å². The van der Waals surface area contributed by atoms with E-state index in [4.69, 9.17) is 4.42 Å². The topological polar surface area (TPSA) is 13.1 Å². The van der Waals surface area contributed by atoms with Gasteiger partial charge in [0, 0.05) is 10.8 Å². The molecule has 0 saturated carbocycles. The van der Waals surface area contributed by atoms with E-state index in [2.05, 4.69) is 170 Å². The van der Waals surface area contributed by atoms with Crippen molar-refractivity contribution in [1.29, 1.82) is 0 Å². The van der Waals surface area contributed by atoms with E-state index >= 15 is 0 Å². The number of hydrogen-bond donors (Lipinski definition) is 0. The highest BCUT2D eigenvalue weighted by molar-refractivity contribution is 6.30. The second-order valence-corrected chi connectivity index (χ2v) is 12.4. The first-order chi connectivity index (χ1) is 23.3. The lowest BCUT2D eigenvalue weighted by molar-refractivity contribution is 0.669. The van der Waals surface area contributed by atoms with Crippen LogP contribution in [0.4, 0.5) is 0 Å². The van der Waals surface area contributed by atoms with Gasteiger partial charge >= 0.3 is 0 Å². The summed E-state index contributed by atoms with van der Waals surface area (Å²) in [5.74, 6) is 0. The fourth-order valence-corrected chi connectivity index (χ4v) is 7.77. The third-order valence-corrected chi connectivity index (χ3v) is 9.79. The largest absolute Gasteiger partial charge is 0.456 e. The normalized spacial score (nSPS) is 11.8. The molecule has 0 aliphatic rings. The molecule has 1 aromatic heterocycles. The fourth-order valence-electron chi connectivity index (χ4n) is 7.77. The van der Waals surface area contributed by atoms with Crippen molar-refractivity contribution in [3.63, 3.8) is 0 Å². The predicted molar refractivity (Wildman–Crippen MR) is 199 cm³/mol. The van der Waals surface area contributed by atoms with E-state index in [1.54, 1.807) is 0 Å². The van der Waals surface area contributed by atoms with E-state index in [0.29, 0.717) is 0 Å². The minimum absolute atomic E-state index is 0.928. The minimum Gasteiger partial charge on any atom is -0.456 e. The van der Waals surface area contributed by atoms with Gasteiger partial charge in [-0.3, -0.25) is 0 Å². The van der Waals surface area contributed by atoms with Crippen LogP contribution in [0, 0.1) is 0 Å². The first-order valence-corrected chi connectivity index (χ1v) is 16.2. The maximum absolute atomic E-state index is 6.57. The summed E-state index contributed by atoms with van der Waals surface area (Å²) in [6.07, 6.45) is 0. The molecule has 0 unspecified atom stereocenters. The van der Waals surface area contributed by atoms with Crippen molar-refractivity contribution in [3.05, 3.63) is 170 Å². The van der Waals surface area contributed by atoms with Crippen LogP contribution in [0.5, 0.6) is 0 Å². The Hall–Kier alpha value is -6.18. The molecule has 1 nitrogen and oxygen atoms in total. The van der Waals surface area contributed by atoms with E-state index < -0.39 is 0 Å². The minimum atomic E-state index is 0.928. The molecule has 47 heavy (non-hydrogen) atoms. The summed E-state index contributed by atoms with van der Waals surface area (Å²) < 4.78 is 6.57. The summed E-state index contributed by atoms with van der Waals surface area (Å²) in [4.78, 5) is 0. The number of benzene rings is 9. The van der Waals surface area contributed by atoms with Gasteiger partial charge in [0.2, 0.25) is 0 Å². The molecule has 0 saturated heterocycles. The highest BCUT2D eigenvalue weighted by Gasteiger charge is 2.22. The van der Waals surface area contributed by atoms with Crippen molar-refractivity contribution >= 4 is 54.3 Å². The van der Waals surface area contributed by atoms with Crippen molar-refractivity contribution in [2.45, 2.75) is 0 Å². The second-order valence-electron chi connectivity index (χ2n) is 12.4. The molecular weight excluding hydrogens is 569 g/mol. The Morgan fingerprint density at radius 3 is 1.51 bits per heavy atom. The van der Waals surface area contributed by atoms with E-state index in [1.165, 1.54) is 82.0 Å². The average molecular weight is 597 g/mol. The zero-order valence-electron chi connectivity index (χ0n) is 25.6. The maximum Gasteiger partial charge on any atom is 0.136 e. The van der Waals surface area contributed by atoms with Crippen LogP contribution in [-0.4, -0.2) is 0 Å². The summed E-state index contributed by atoms with van der Waals surface area (Å²) in [5, 5.41) is 9.80. The zero-order valence-corrected chi connectivity index (χ0v) is 25.6. The highest BCUT2D eigenvalue weighted by atomic mass is 16.3. The Bertz CT molecular complexity index is 2710. The molecule has 10 aromatic rings. The maximum atomic E-state index is 6.57. The Morgan fingerprint density at radius 2 is 0.830 bits per heavy atom. The monoisotopic (exact) mass is 596 g/mol. The Morgan fingerprint density at radius 1 is 0.298 bits per heavy atom. The van der Waals surface area contributed by atoms with E-state index in [9.17, 15) is 0 Å². The molecule has 0 bridgehead atoms. The molecule has 0 fully saturated rings. The quantitative estimate of drug-likeness (QED) is 0.145. The number of fused-ring (bicyclic) bond motifs is 2. The molecule has 0 radical (unpaired) electrons. The van der Waals surface area contributed by atoms with Crippen LogP contribution < -0.4 is 0 Å². The van der Waals surface area contributed by atoms with E-state index in [0.717, 1.165) is 16.7 Å². The van der Waals surface area contributed by atoms with Gasteiger partial charge in [-0.15, -0.1) is 0 Å². The van der Waals surface area contributed by atoms with Crippen LogP contribution in [0.3, 0.4) is 0 Å². The summed E-state index contributed by atoms with van der Waals surface area (Å²) >= 11 is 0. The fraction of sp³-hybridized carbons (Fsp3) is 0. The molecule has 0 amide bonds. The van der Waals surface area contributed by atoms with Gasteiger partial charge in [-0.25, -0.2) is 0 Å². The Balaban J connectivity index is 1.31. The van der Waals surface area contributed by atoms with Crippen LogP contribution in [0.2, 0.25) is 0 Å². The lowest BCUT2D eigenvalue weighted by atomic mass is 9.83. The third kappa shape index (κ3) is 3.97. The van der Waals surface area contributed by atoms with E-state index in [-0.39, 0.29) is 0 Å². The van der Waals surface area contributed by atoms with Crippen molar-refractivity contribution in [3.8, 4) is 44.5 Å². The second kappa shape index (κ2) is 10.2. The molecular formula is C46H28O. The Kier molecular flexibility index (Phi) is 5.64. The van der Waals surface area contributed by atoms with Crippen molar-refractivity contribution in [2.24, 2.45) is 0 Å². The predicted octanol–water partition coefficient (Wildman–Crippen LogP) is 13.2. The van der Waals surface area contributed by atoms with Gasteiger partial charge in [0.15, 0.2) is 0 Å². The highest BCUT2D eigenvalue weighted by Crippen LogP contribution is 2.49. The summed E-state index contributed by atoms with van der Waals surface area (Å²) in [7, 11) is 0.